The first-order chi connectivity index (χ1) is 18.7. The molecule has 1 N–H and O–H groups in total. The monoisotopic (exact) mass is 563 g/mol. The molecule has 1 aliphatic rings. The lowest BCUT2D eigenvalue weighted by Crippen LogP contribution is -2.31. The molecule has 39 heavy (non-hydrogen) atoms. The molecule has 202 valence electrons. The smallest absolute Gasteiger partial charge is 0.296 e. The Morgan fingerprint density at radius 1 is 1.10 bits per heavy atom. The summed E-state index contributed by atoms with van der Waals surface area (Å²) < 4.78 is 12.1. The standard InChI is InChI=1S/C29H29N3O5S2/c1-15(2)11-12-37-20-8-6-7-18(13-20)24-23(25(33)27-16(3)30-17(4)38-27)26(34)28(35)32(24)29-31-21-10-9-19(36-5)14-22(21)39-29/h6-10,13-15,24,34H,11-12H2,1-5H3. The third-order valence-corrected chi connectivity index (χ3v) is 8.58. The fraction of sp³-hybridized carbons (Fsp3) is 0.310. The second-order valence-electron chi connectivity index (χ2n) is 9.75. The zero-order valence-electron chi connectivity index (χ0n) is 22.3. The minimum absolute atomic E-state index is 0.00270. The number of aryl methyl sites for hydroxylation is 2. The Hall–Kier alpha value is -3.76. The molecule has 0 bridgehead atoms. The van der Waals surface area contributed by atoms with Crippen LogP contribution in [0, 0.1) is 19.8 Å². The molecule has 3 heterocycles. The summed E-state index contributed by atoms with van der Waals surface area (Å²) >= 11 is 2.53. The number of Topliss-reactive ketones (excluding diaryl/α,β-unsaturated/α-hetero) is 1. The van der Waals surface area contributed by atoms with Crippen LogP contribution in [0.5, 0.6) is 11.5 Å². The van der Waals surface area contributed by atoms with Crippen molar-refractivity contribution in [3.8, 4) is 11.5 Å². The summed E-state index contributed by atoms with van der Waals surface area (Å²) in [6.07, 6.45) is 0.891. The number of nitrogens with zero attached hydrogens (tertiary/aromatic N) is 3. The molecule has 0 saturated heterocycles. The Bertz CT molecular complexity index is 1600. The van der Waals surface area contributed by atoms with Gasteiger partial charge >= 0.3 is 0 Å². The van der Waals surface area contributed by atoms with Gasteiger partial charge in [0.15, 0.2) is 10.9 Å². The van der Waals surface area contributed by atoms with Gasteiger partial charge in [0.1, 0.15) is 11.5 Å². The number of aromatic nitrogens is 2. The number of fused-ring (bicyclic) bond motifs is 1. The highest BCUT2D eigenvalue weighted by Gasteiger charge is 2.46. The minimum Gasteiger partial charge on any atom is -0.503 e. The maximum absolute atomic E-state index is 13.9. The third-order valence-electron chi connectivity index (χ3n) is 6.49. The van der Waals surface area contributed by atoms with Crippen molar-refractivity contribution in [2.45, 2.75) is 40.2 Å². The lowest BCUT2D eigenvalue weighted by molar-refractivity contribution is -0.117. The van der Waals surface area contributed by atoms with Gasteiger partial charge in [-0.05, 0) is 62.1 Å². The summed E-state index contributed by atoms with van der Waals surface area (Å²) in [7, 11) is 1.59. The van der Waals surface area contributed by atoms with Crippen LogP contribution in [0.15, 0.2) is 53.8 Å². The van der Waals surface area contributed by atoms with Crippen molar-refractivity contribution in [1.29, 1.82) is 0 Å². The number of hydrogen-bond donors (Lipinski definition) is 1. The predicted molar refractivity (Wildman–Crippen MR) is 153 cm³/mol. The normalized spacial score (nSPS) is 15.6. The van der Waals surface area contributed by atoms with Crippen LogP contribution in [0.1, 0.15) is 52.2 Å². The molecular weight excluding hydrogens is 534 g/mol. The van der Waals surface area contributed by atoms with Crippen LogP contribution in [0.3, 0.4) is 0 Å². The van der Waals surface area contributed by atoms with Gasteiger partial charge in [0.2, 0.25) is 5.78 Å². The first-order valence-electron chi connectivity index (χ1n) is 12.6. The molecule has 0 saturated carbocycles. The van der Waals surface area contributed by atoms with E-state index >= 15 is 0 Å². The molecule has 8 nitrogen and oxygen atoms in total. The van der Waals surface area contributed by atoms with E-state index in [4.69, 9.17) is 9.47 Å². The van der Waals surface area contributed by atoms with Crippen LogP contribution in [0.25, 0.3) is 10.2 Å². The van der Waals surface area contributed by atoms with Gasteiger partial charge in [-0.15, -0.1) is 11.3 Å². The number of ether oxygens (including phenoxy) is 2. The van der Waals surface area contributed by atoms with Gasteiger partial charge in [0, 0.05) is 0 Å². The number of carbonyl (C=O) groups is 2. The van der Waals surface area contributed by atoms with Crippen LogP contribution < -0.4 is 14.4 Å². The van der Waals surface area contributed by atoms with Crippen molar-refractivity contribution in [3.05, 3.63) is 74.9 Å². The molecule has 5 rings (SSSR count). The van der Waals surface area contributed by atoms with E-state index < -0.39 is 23.5 Å². The molecule has 1 unspecified atom stereocenters. The molecular formula is C29H29N3O5S2. The molecule has 0 fully saturated rings. The van der Waals surface area contributed by atoms with Gasteiger partial charge < -0.3 is 14.6 Å². The summed E-state index contributed by atoms with van der Waals surface area (Å²) in [4.78, 5) is 38.4. The Balaban J connectivity index is 1.62. The number of amides is 1. The van der Waals surface area contributed by atoms with Crippen molar-refractivity contribution < 1.29 is 24.2 Å². The third kappa shape index (κ3) is 5.14. The number of carbonyl (C=O) groups excluding carboxylic acids is 2. The summed E-state index contributed by atoms with van der Waals surface area (Å²) in [5.41, 5.74) is 1.88. The first-order valence-corrected chi connectivity index (χ1v) is 14.2. The van der Waals surface area contributed by atoms with Crippen molar-refractivity contribution in [2.24, 2.45) is 5.92 Å². The molecule has 1 atom stereocenters. The number of rotatable bonds is 9. The Kier molecular flexibility index (Phi) is 7.42. The molecule has 4 aromatic rings. The van der Waals surface area contributed by atoms with Gasteiger partial charge in [0.05, 0.1) is 51.1 Å². The van der Waals surface area contributed by atoms with Crippen LogP contribution in [0.4, 0.5) is 5.13 Å². The maximum Gasteiger partial charge on any atom is 0.296 e. The molecule has 0 aliphatic carbocycles. The van der Waals surface area contributed by atoms with Gasteiger partial charge in [-0.3, -0.25) is 14.5 Å². The molecule has 2 aromatic heterocycles. The van der Waals surface area contributed by atoms with E-state index in [1.165, 1.54) is 27.6 Å². The molecule has 0 spiro atoms. The van der Waals surface area contributed by atoms with Crippen LogP contribution in [0.2, 0.25) is 0 Å². The number of aliphatic hydroxyl groups is 1. The lowest BCUT2D eigenvalue weighted by Gasteiger charge is -2.25. The number of aliphatic hydroxyl groups excluding tert-OH is 1. The van der Waals surface area contributed by atoms with Crippen LogP contribution >= 0.6 is 22.7 Å². The number of anilines is 1. The number of hydrogen-bond acceptors (Lipinski definition) is 9. The number of ketones is 1. The summed E-state index contributed by atoms with van der Waals surface area (Å²) in [5, 5.41) is 12.3. The average molecular weight is 564 g/mol. The number of thiazole rings is 2. The van der Waals surface area contributed by atoms with Gasteiger partial charge in [-0.25, -0.2) is 9.97 Å². The maximum atomic E-state index is 13.9. The van der Waals surface area contributed by atoms with Crippen LogP contribution in [-0.2, 0) is 4.79 Å². The molecule has 0 radical (unpaired) electrons. The number of methoxy groups -OCH3 is 1. The quantitative estimate of drug-likeness (QED) is 0.229. The van der Waals surface area contributed by atoms with Gasteiger partial charge in [-0.2, -0.15) is 0 Å². The SMILES string of the molecule is COc1ccc2nc(N3C(=O)C(O)=C(C(=O)c4sc(C)nc4C)C3c3cccc(OCCC(C)C)c3)sc2c1. The molecule has 10 heteroatoms. The highest BCUT2D eigenvalue weighted by Crippen LogP contribution is 2.45. The summed E-state index contributed by atoms with van der Waals surface area (Å²) in [5.74, 6) is 0.0888. The van der Waals surface area contributed by atoms with Crippen molar-refractivity contribution >= 4 is 49.7 Å². The second-order valence-corrected chi connectivity index (χ2v) is 12.0. The number of benzene rings is 2. The van der Waals surface area contributed by atoms with E-state index in [1.807, 2.05) is 43.3 Å². The highest BCUT2D eigenvalue weighted by atomic mass is 32.1. The average Bonchev–Trinajstić information content (AvgIpc) is 3.56. The highest BCUT2D eigenvalue weighted by molar-refractivity contribution is 7.22. The fourth-order valence-electron chi connectivity index (χ4n) is 4.52. The predicted octanol–water partition coefficient (Wildman–Crippen LogP) is 6.59. The van der Waals surface area contributed by atoms with E-state index in [0.717, 1.165) is 16.1 Å². The lowest BCUT2D eigenvalue weighted by atomic mass is 9.95. The molecule has 2 aromatic carbocycles. The zero-order valence-corrected chi connectivity index (χ0v) is 24.0. The Labute approximate surface area is 234 Å². The Morgan fingerprint density at radius 2 is 1.90 bits per heavy atom. The zero-order chi connectivity index (χ0) is 27.8. The topological polar surface area (TPSA) is 102 Å². The summed E-state index contributed by atoms with van der Waals surface area (Å²) in [6.45, 7) is 8.37. The van der Waals surface area contributed by atoms with Crippen molar-refractivity contribution in [2.75, 3.05) is 18.6 Å². The van der Waals surface area contributed by atoms with Crippen molar-refractivity contribution in [1.82, 2.24) is 9.97 Å². The summed E-state index contributed by atoms with van der Waals surface area (Å²) in [6, 6.07) is 11.9. The fourth-order valence-corrected chi connectivity index (χ4v) is 6.42. The van der Waals surface area contributed by atoms with E-state index in [2.05, 4.69) is 23.8 Å². The Morgan fingerprint density at radius 3 is 2.59 bits per heavy atom. The second kappa shape index (κ2) is 10.8. The van der Waals surface area contributed by atoms with Crippen LogP contribution in [-0.4, -0.2) is 40.5 Å². The largest absolute Gasteiger partial charge is 0.503 e. The molecule has 1 aliphatic heterocycles. The van der Waals surface area contributed by atoms with E-state index in [1.54, 1.807) is 20.1 Å². The molecule has 1 amide bonds. The van der Waals surface area contributed by atoms with E-state index in [9.17, 15) is 14.7 Å². The van der Waals surface area contributed by atoms with Gasteiger partial charge in [-0.1, -0.05) is 37.3 Å². The van der Waals surface area contributed by atoms with Gasteiger partial charge in [0.25, 0.3) is 5.91 Å². The van der Waals surface area contributed by atoms with E-state index in [0.29, 0.717) is 50.8 Å². The van der Waals surface area contributed by atoms with E-state index in [-0.39, 0.29) is 5.57 Å². The minimum atomic E-state index is -0.900. The first kappa shape index (κ1) is 26.8. The van der Waals surface area contributed by atoms with Crippen molar-refractivity contribution in [3.63, 3.8) is 0 Å².